The SMILES string of the molecule is C=C1C(=O)c2cc(OCCN)ccc2C2=C1CCC(C)(C)O2. The summed E-state index contributed by atoms with van der Waals surface area (Å²) in [6, 6.07) is 5.50. The van der Waals surface area contributed by atoms with Gasteiger partial charge in [0.15, 0.2) is 5.78 Å². The first-order valence-corrected chi connectivity index (χ1v) is 7.56. The lowest BCUT2D eigenvalue weighted by Crippen LogP contribution is -2.31. The van der Waals surface area contributed by atoms with Crippen LogP contribution in [-0.2, 0) is 4.74 Å². The third kappa shape index (κ3) is 2.44. The Morgan fingerprint density at radius 2 is 2.14 bits per heavy atom. The fourth-order valence-corrected chi connectivity index (χ4v) is 2.91. The highest BCUT2D eigenvalue weighted by atomic mass is 16.5. The van der Waals surface area contributed by atoms with Crippen LogP contribution in [0.2, 0.25) is 0 Å². The summed E-state index contributed by atoms with van der Waals surface area (Å²) in [4.78, 5) is 12.6. The fourth-order valence-electron chi connectivity index (χ4n) is 2.91. The van der Waals surface area contributed by atoms with Crippen molar-refractivity contribution in [1.29, 1.82) is 0 Å². The summed E-state index contributed by atoms with van der Waals surface area (Å²) in [6.07, 6.45) is 1.70. The van der Waals surface area contributed by atoms with Crippen molar-refractivity contribution in [2.24, 2.45) is 5.73 Å². The van der Waals surface area contributed by atoms with Crippen molar-refractivity contribution in [3.05, 3.63) is 47.1 Å². The first-order valence-electron chi connectivity index (χ1n) is 7.56. The Kier molecular flexibility index (Phi) is 3.57. The molecule has 22 heavy (non-hydrogen) atoms. The van der Waals surface area contributed by atoms with E-state index in [2.05, 4.69) is 20.4 Å². The summed E-state index contributed by atoms with van der Waals surface area (Å²) in [6.45, 7) is 8.95. The van der Waals surface area contributed by atoms with Crippen LogP contribution in [0.5, 0.6) is 5.75 Å². The molecule has 0 spiro atoms. The minimum Gasteiger partial charge on any atom is -0.492 e. The number of ether oxygens (including phenoxy) is 2. The fraction of sp³-hybridized carbons (Fsp3) is 0.389. The average molecular weight is 299 g/mol. The van der Waals surface area contributed by atoms with Crippen molar-refractivity contribution < 1.29 is 14.3 Å². The van der Waals surface area contributed by atoms with E-state index in [1.165, 1.54) is 0 Å². The van der Waals surface area contributed by atoms with Crippen LogP contribution >= 0.6 is 0 Å². The lowest BCUT2D eigenvalue weighted by atomic mass is 9.80. The highest BCUT2D eigenvalue weighted by Gasteiger charge is 2.36. The van der Waals surface area contributed by atoms with Gasteiger partial charge in [-0.05, 0) is 44.9 Å². The van der Waals surface area contributed by atoms with E-state index in [-0.39, 0.29) is 11.4 Å². The van der Waals surface area contributed by atoms with Crippen LogP contribution in [0.4, 0.5) is 0 Å². The predicted octanol–water partition coefficient (Wildman–Crippen LogP) is 3.08. The van der Waals surface area contributed by atoms with Crippen molar-refractivity contribution in [2.75, 3.05) is 13.2 Å². The zero-order chi connectivity index (χ0) is 15.9. The molecule has 1 aliphatic carbocycles. The van der Waals surface area contributed by atoms with Gasteiger partial charge in [0.2, 0.25) is 0 Å². The van der Waals surface area contributed by atoms with Crippen LogP contribution in [-0.4, -0.2) is 24.5 Å². The summed E-state index contributed by atoms with van der Waals surface area (Å²) in [5.41, 5.74) is 8.12. The van der Waals surface area contributed by atoms with Crippen molar-refractivity contribution in [1.82, 2.24) is 0 Å². The lowest BCUT2D eigenvalue weighted by Gasteiger charge is -2.37. The van der Waals surface area contributed by atoms with E-state index in [1.807, 2.05) is 12.1 Å². The van der Waals surface area contributed by atoms with Crippen molar-refractivity contribution in [3.63, 3.8) is 0 Å². The molecular formula is C18H21NO3. The monoisotopic (exact) mass is 299 g/mol. The highest BCUT2D eigenvalue weighted by Crippen LogP contribution is 2.44. The number of allylic oxidation sites excluding steroid dienone is 2. The van der Waals surface area contributed by atoms with Gasteiger partial charge in [0.05, 0.1) is 0 Å². The lowest BCUT2D eigenvalue weighted by molar-refractivity contribution is 0.0555. The summed E-state index contributed by atoms with van der Waals surface area (Å²) in [7, 11) is 0. The topological polar surface area (TPSA) is 61.5 Å². The summed E-state index contributed by atoms with van der Waals surface area (Å²) >= 11 is 0. The van der Waals surface area contributed by atoms with Crippen LogP contribution in [0.25, 0.3) is 5.76 Å². The Bertz CT molecular complexity index is 686. The molecule has 0 radical (unpaired) electrons. The number of ketones is 1. The van der Waals surface area contributed by atoms with E-state index >= 15 is 0 Å². The molecule has 1 aromatic rings. The zero-order valence-corrected chi connectivity index (χ0v) is 13.1. The van der Waals surface area contributed by atoms with Gasteiger partial charge in [-0.2, -0.15) is 0 Å². The van der Waals surface area contributed by atoms with E-state index in [1.54, 1.807) is 6.07 Å². The maximum absolute atomic E-state index is 12.6. The minimum absolute atomic E-state index is 0.0461. The molecule has 2 N–H and O–H groups in total. The molecule has 0 saturated carbocycles. The average Bonchev–Trinajstić information content (AvgIpc) is 2.49. The van der Waals surface area contributed by atoms with Crippen molar-refractivity contribution >= 4 is 11.5 Å². The third-order valence-corrected chi connectivity index (χ3v) is 4.13. The van der Waals surface area contributed by atoms with E-state index < -0.39 is 0 Å². The largest absolute Gasteiger partial charge is 0.492 e. The second-order valence-electron chi connectivity index (χ2n) is 6.32. The molecule has 116 valence electrons. The number of carbonyl (C=O) groups excluding carboxylic acids is 1. The number of hydrogen-bond acceptors (Lipinski definition) is 4. The molecule has 1 aromatic carbocycles. The number of Topliss-reactive ketones (excluding diaryl/α,β-unsaturated/α-hetero) is 1. The van der Waals surface area contributed by atoms with Crippen LogP contribution < -0.4 is 10.5 Å². The highest BCUT2D eigenvalue weighted by molar-refractivity contribution is 6.17. The summed E-state index contributed by atoms with van der Waals surface area (Å²) in [5.74, 6) is 1.39. The molecule has 0 saturated heterocycles. The van der Waals surface area contributed by atoms with Crippen molar-refractivity contribution in [2.45, 2.75) is 32.3 Å². The number of fused-ring (bicyclic) bond motifs is 2. The smallest absolute Gasteiger partial charge is 0.193 e. The van der Waals surface area contributed by atoms with E-state index in [0.717, 1.165) is 29.7 Å². The normalized spacial score (nSPS) is 19.4. The molecule has 0 bridgehead atoms. The number of rotatable bonds is 3. The molecule has 0 aromatic heterocycles. The molecule has 0 fully saturated rings. The molecule has 0 amide bonds. The molecule has 0 atom stereocenters. The van der Waals surface area contributed by atoms with Gasteiger partial charge in [-0.15, -0.1) is 0 Å². The van der Waals surface area contributed by atoms with Gasteiger partial charge >= 0.3 is 0 Å². The van der Waals surface area contributed by atoms with Gasteiger partial charge in [-0.1, -0.05) is 6.58 Å². The molecular weight excluding hydrogens is 278 g/mol. The molecule has 3 rings (SSSR count). The van der Waals surface area contributed by atoms with E-state index in [9.17, 15) is 4.79 Å². The van der Waals surface area contributed by atoms with Crippen LogP contribution in [0.15, 0.2) is 35.9 Å². The molecule has 2 aliphatic rings. The molecule has 4 heteroatoms. The number of carbonyl (C=O) groups is 1. The second-order valence-corrected chi connectivity index (χ2v) is 6.32. The van der Waals surface area contributed by atoms with Gasteiger partial charge in [-0.3, -0.25) is 4.79 Å². The van der Waals surface area contributed by atoms with Gasteiger partial charge in [-0.25, -0.2) is 0 Å². The van der Waals surface area contributed by atoms with Gasteiger partial charge in [0.1, 0.15) is 23.7 Å². The summed E-state index contributed by atoms with van der Waals surface area (Å²) in [5, 5.41) is 0. The Morgan fingerprint density at radius 3 is 2.86 bits per heavy atom. The van der Waals surface area contributed by atoms with Crippen LogP contribution in [0, 0.1) is 0 Å². The molecule has 1 aliphatic heterocycles. The Balaban J connectivity index is 2.07. The number of benzene rings is 1. The Morgan fingerprint density at radius 1 is 1.36 bits per heavy atom. The van der Waals surface area contributed by atoms with Crippen LogP contribution in [0.1, 0.15) is 42.6 Å². The Hall–Kier alpha value is -2.07. The first-order chi connectivity index (χ1) is 10.4. The minimum atomic E-state index is -0.231. The van der Waals surface area contributed by atoms with Gasteiger partial charge in [0.25, 0.3) is 0 Å². The van der Waals surface area contributed by atoms with E-state index in [0.29, 0.717) is 30.0 Å². The summed E-state index contributed by atoms with van der Waals surface area (Å²) < 4.78 is 11.7. The molecule has 4 nitrogen and oxygen atoms in total. The Labute approximate surface area is 130 Å². The van der Waals surface area contributed by atoms with Gasteiger partial charge in [0, 0.05) is 28.8 Å². The van der Waals surface area contributed by atoms with Gasteiger partial charge < -0.3 is 15.2 Å². The molecule has 0 unspecified atom stereocenters. The van der Waals surface area contributed by atoms with E-state index in [4.69, 9.17) is 15.2 Å². The standard InChI is InChI=1S/C18H21NO3/c1-11-13-6-7-18(2,3)22-17(13)14-5-4-12(21-9-8-19)10-15(14)16(11)20/h4-5,10H,1,6-9,19H2,2-3H3. The number of hydrogen-bond donors (Lipinski definition) is 1. The number of nitrogens with two attached hydrogens (primary N) is 1. The predicted molar refractivity (Wildman–Crippen MR) is 85.8 cm³/mol. The zero-order valence-electron chi connectivity index (χ0n) is 13.1. The van der Waals surface area contributed by atoms with Crippen LogP contribution in [0.3, 0.4) is 0 Å². The maximum atomic E-state index is 12.6. The quantitative estimate of drug-likeness (QED) is 0.871. The first kappa shape index (κ1) is 14.9. The maximum Gasteiger partial charge on any atom is 0.193 e. The molecule has 1 heterocycles. The second kappa shape index (κ2) is 5.29. The third-order valence-electron chi connectivity index (χ3n) is 4.13. The van der Waals surface area contributed by atoms with Crippen molar-refractivity contribution in [3.8, 4) is 5.75 Å².